The Kier molecular flexibility index (Phi) is 5.00. The second kappa shape index (κ2) is 6.10. The highest BCUT2D eigenvalue weighted by molar-refractivity contribution is 7.09. The van der Waals surface area contributed by atoms with Crippen molar-refractivity contribution in [1.29, 1.82) is 0 Å². The fourth-order valence-corrected chi connectivity index (χ4v) is 1.71. The topological polar surface area (TPSA) is 47.3 Å². The molecule has 0 fully saturated rings. The number of ether oxygens (including phenoxy) is 1. The molecule has 0 radical (unpaired) electrons. The van der Waals surface area contributed by atoms with Crippen molar-refractivity contribution in [3.05, 3.63) is 22.4 Å². The van der Waals surface area contributed by atoms with E-state index in [1.807, 2.05) is 0 Å². The second-order valence-electron chi connectivity index (χ2n) is 2.80. The molecule has 74 valence electrons. The Bertz CT molecular complexity index is 209. The normalized spacial score (nSPS) is 13.1. The lowest BCUT2D eigenvalue weighted by Gasteiger charge is -2.12. The van der Waals surface area contributed by atoms with Crippen LogP contribution in [0.25, 0.3) is 0 Å². The lowest BCUT2D eigenvalue weighted by Crippen LogP contribution is -2.33. The Labute approximate surface area is 82.9 Å². The fourth-order valence-electron chi connectivity index (χ4n) is 1.03. The summed E-state index contributed by atoms with van der Waals surface area (Å²) in [6, 6.07) is 4.17. The van der Waals surface area contributed by atoms with Crippen LogP contribution in [-0.4, -0.2) is 26.3 Å². The van der Waals surface area contributed by atoms with Crippen LogP contribution in [0.15, 0.2) is 17.5 Å². The molecule has 0 amide bonds. The average Bonchev–Trinajstić information content (AvgIpc) is 2.65. The Morgan fingerprint density at radius 1 is 1.69 bits per heavy atom. The SMILES string of the molecule is COC(CN)CNCc1cccs1. The van der Waals surface area contributed by atoms with Crippen LogP contribution in [0, 0.1) is 0 Å². The first-order valence-corrected chi connectivity index (χ1v) is 5.20. The minimum Gasteiger partial charge on any atom is -0.379 e. The van der Waals surface area contributed by atoms with Crippen LogP contribution in [0.5, 0.6) is 0 Å². The van der Waals surface area contributed by atoms with Gasteiger partial charge in [0, 0.05) is 31.6 Å². The van der Waals surface area contributed by atoms with Crippen LogP contribution >= 0.6 is 11.3 Å². The maximum absolute atomic E-state index is 5.48. The van der Waals surface area contributed by atoms with Gasteiger partial charge >= 0.3 is 0 Å². The van der Waals surface area contributed by atoms with E-state index >= 15 is 0 Å². The maximum atomic E-state index is 5.48. The molecule has 0 spiro atoms. The van der Waals surface area contributed by atoms with Crippen LogP contribution in [-0.2, 0) is 11.3 Å². The molecule has 1 rings (SSSR count). The molecule has 1 heterocycles. The molecule has 1 aromatic rings. The molecule has 0 aliphatic carbocycles. The Morgan fingerprint density at radius 3 is 3.08 bits per heavy atom. The molecule has 0 bridgehead atoms. The zero-order chi connectivity index (χ0) is 9.52. The Balaban J connectivity index is 2.13. The van der Waals surface area contributed by atoms with E-state index in [1.165, 1.54) is 4.88 Å². The molecule has 3 N–H and O–H groups in total. The van der Waals surface area contributed by atoms with Gasteiger partial charge in [-0.25, -0.2) is 0 Å². The monoisotopic (exact) mass is 200 g/mol. The van der Waals surface area contributed by atoms with Crippen molar-refractivity contribution in [2.75, 3.05) is 20.2 Å². The molecule has 13 heavy (non-hydrogen) atoms. The number of hydrogen-bond acceptors (Lipinski definition) is 4. The highest BCUT2D eigenvalue weighted by Crippen LogP contribution is 2.07. The molecule has 0 aliphatic heterocycles. The zero-order valence-corrected chi connectivity index (χ0v) is 8.64. The predicted molar refractivity (Wildman–Crippen MR) is 55.9 cm³/mol. The van der Waals surface area contributed by atoms with Crippen molar-refractivity contribution >= 4 is 11.3 Å². The summed E-state index contributed by atoms with van der Waals surface area (Å²) < 4.78 is 5.13. The van der Waals surface area contributed by atoms with Crippen molar-refractivity contribution in [3.8, 4) is 0 Å². The van der Waals surface area contributed by atoms with E-state index in [0.29, 0.717) is 6.54 Å². The lowest BCUT2D eigenvalue weighted by molar-refractivity contribution is 0.108. The van der Waals surface area contributed by atoms with E-state index in [0.717, 1.165) is 13.1 Å². The van der Waals surface area contributed by atoms with Gasteiger partial charge in [0.05, 0.1) is 6.10 Å². The summed E-state index contributed by atoms with van der Waals surface area (Å²) in [5, 5.41) is 5.37. The molecule has 1 aromatic heterocycles. The third-order valence-electron chi connectivity index (χ3n) is 1.85. The average molecular weight is 200 g/mol. The summed E-state index contributed by atoms with van der Waals surface area (Å²) in [7, 11) is 1.68. The first-order chi connectivity index (χ1) is 6.36. The summed E-state index contributed by atoms with van der Waals surface area (Å²) >= 11 is 1.76. The number of hydrogen-bond donors (Lipinski definition) is 2. The number of nitrogens with one attached hydrogen (secondary N) is 1. The molecular weight excluding hydrogens is 184 g/mol. The summed E-state index contributed by atoms with van der Waals surface area (Å²) in [6.45, 7) is 2.27. The minimum absolute atomic E-state index is 0.125. The first-order valence-electron chi connectivity index (χ1n) is 4.32. The van der Waals surface area contributed by atoms with E-state index < -0.39 is 0 Å². The smallest absolute Gasteiger partial charge is 0.0817 e. The first kappa shape index (κ1) is 10.7. The molecular formula is C9H16N2OS. The van der Waals surface area contributed by atoms with Crippen LogP contribution in [0.1, 0.15) is 4.88 Å². The molecule has 3 nitrogen and oxygen atoms in total. The van der Waals surface area contributed by atoms with Crippen LogP contribution < -0.4 is 11.1 Å². The van der Waals surface area contributed by atoms with Crippen molar-refractivity contribution in [1.82, 2.24) is 5.32 Å². The molecule has 0 saturated carbocycles. The van der Waals surface area contributed by atoms with Crippen molar-refractivity contribution in [2.45, 2.75) is 12.6 Å². The fraction of sp³-hybridized carbons (Fsp3) is 0.556. The highest BCUT2D eigenvalue weighted by atomic mass is 32.1. The van der Waals surface area contributed by atoms with Gasteiger partial charge < -0.3 is 15.8 Å². The predicted octanol–water partition coefficient (Wildman–Crippen LogP) is 0.811. The standard InChI is InChI=1S/C9H16N2OS/c1-12-8(5-10)6-11-7-9-3-2-4-13-9/h2-4,8,11H,5-7,10H2,1H3. The number of rotatable bonds is 6. The van der Waals surface area contributed by atoms with Crippen molar-refractivity contribution < 1.29 is 4.74 Å². The molecule has 4 heteroatoms. The van der Waals surface area contributed by atoms with Gasteiger partial charge in [-0.1, -0.05) is 6.07 Å². The van der Waals surface area contributed by atoms with Crippen LogP contribution in [0.4, 0.5) is 0 Å². The minimum atomic E-state index is 0.125. The third-order valence-corrected chi connectivity index (χ3v) is 2.72. The van der Waals surface area contributed by atoms with E-state index in [2.05, 4.69) is 22.8 Å². The van der Waals surface area contributed by atoms with Crippen molar-refractivity contribution in [3.63, 3.8) is 0 Å². The largest absolute Gasteiger partial charge is 0.379 e. The molecule has 0 saturated heterocycles. The van der Waals surface area contributed by atoms with E-state index in [4.69, 9.17) is 10.5 Å². The van der Waals surface area contributed by atoms with Crippen molar-refractivity contribution in [2.24, 2.45) is 5.73 Å². The summed E-state index contributed by atoms with van der Waals surface area (Å²) in [6.07, 6.45) is 0.125. The lowest BCUT2D eigenvalue weighted by atomic mass is 10.3. The van der Waals surface area contributed by atoms with Gasteiger partial charge in [0.1, 0.15) is 0 Å². The zero-order valence-electron chi connectivity index (χ0n) is 7.82. The maximum Gasteiger partial charge on any atom is 0.0817 e. The third kappa shape index (κ3) is 3.87. The van der Waals surface area contributed by atoms with Gasteiger partial charge in [-0.2, -0.15) is 0 Å². The summed E-state index contributed by atoms with van der Waals surface area (Å²) in [5.41, 5.74) is 5.48. The second-order valence-corrected chi connectivity index (χ2v) is 3.84. The number of methoxy groups -OCH3 is 1. The Morgan fingerprint density at radius 2 is 2.54 bits per heavy atom. The van der Waals surface area contributed by atoms with Gasteiger partial charge in [-0.15, -0.1) is 11.3 Å². The molecule has 1 unspecified atom stereocenters. The van der Waals surface area contributed by atoms with E-state index in [-0.39, 0.29) is 6.10 Å². The number of nitrogens with two attached hydrogens (primary N) is 1. The molecule has 0 aliphatic rings. The van der Waals surface area contributed by atoms with Crippen LogP contribution in [0.3, 0.4) is 0 Å². The highest BCUT2D eigenvalue weighted by Gasteiger charge is 2.02. The van der Waals surface area contributed by atoms with Gasteiger partial charge in [-0.3, -0.25) is 0 Å². The molecule has 0 aromatic carbocycles. The van der Waals surface area contributed by atoms with Gasteiger partial charge in [-0.05, 0) is 11.4 Å². The Hall–Kier alpha value is -0.420. The number of thiophene rings is 1. The van der Waals surface area contributed by atoms with E-state index in [9.17, 15) is 0 Å². The van der Waals surface area contributed by atoms with Gasteiger partial charge in [0.25, 0.3) is 0 Å². The van der Waals surface area contributed by atoms with E-state index in [1.54, 1.807) is 18.4 Å². The van der Waals surface area contributed by atoms with Gasteiger partial charge in [0.15, 0.2) is 0 Å². The quantitative estimate of drug-likeness (QED) is 0.714. The van der Waals surface area contributed by atoms with Gasteiger partial charge in [0.2, 0.25) is 0 Å². The summed E-state index contributed by atoms with van der Waals surface area (Å²) in [5.74, 6) is 0. The summed E-state index contributed by atoms with van der Waals surface area (Å²) in [4.78, 5) is 1.34. The molecule has 1 atom stereocenters. The van der Waals surface area contributed by atoms with Crippen LogP contribution in [0.2, 0.25) is 0 Å².